The van der Waals surface area contributed by atoms with Gasteiger partial charge in [0.05, 0.1) is 5.69 Å². The molecule has 1 aliphatic rings. The Morgan fingerprint density at radius 1 is 1.47 bits per heavy atom. The predicted octanol–water partition coefficient (Wildman–Crippen LogP) is 1.04. The molecule has 0 amide bonds. The first-order valence-electron chi connectivity index (χ1n) is 6.60. The first-order valence-corrected chi connectivity index (χ1v) is 8.09. The summed E-state index contributed by atoms with van der Waals surface area (Å²) in [6.07, 6.45) is 5.92. The summed E-state index contributed by atoms with van der Waals surface area (Å²) in [6.45, 7) is 2.76. The molecular formula is C13H18N4OS. The predicted molar refractivity (Wildman–Crippen MR) is 75.5 cm³/mol. The molecule has 3 rings (SSSR count). The van der Waals surface area contributed by atoms with Crippen molar-refractivity contribution in [3.63, 3.8) is 0 Å². The van der Waals surface area contributed by atoms with Crippen molar-refractivity contribution < 1.29 is 4.21 Å². The van der Waals surface area contributed by atoms with E-state index in [0.717, 1.165) is 47.8 Å². The molecule has 0 aromatic carbocycles. The Labute approximate surface area is 114 Å². The van der Waals surface area contributed by atoms with Crippen LogP contribution in [0.1, 0.15) is 24.1 Å². The summed E-state index contributed by atoms with van der Waals surface area (Å²) in [5, 5.41) is 7.88. The fourth-order valence-electron chi connectivity index (χ4n) is 2.39. The Morgan fingerprint density at radius 2 is 2.26 bits per heavy atom. The minimum absolute atomic E-state index is 0.479. The molecule has 1 fully saturated rings. The standard InChI is InChI=1S/C13H18N4OS/c1-10-6-13-15-8-11(9-17(13)16-10)7-14-12-2-4-19(18)5-3-12/h6,8-9,12,14H,2-5,7H2,1H3. The topological polar surface area (TPSA) is 59.3 Å². The van der Waals surface area contributed by atoms with Crippen molar-refractivity contribution in [2.45, 2.75) is 32.4 Å². The molecule has 0 atom stereocenters. The third kappa shape index (κ3) is 3.01. The van der Waals surface area contributed by atoms with Gasteiger partial charge in [0.2, 0.25) is 0 Å². The summed E-state index contributed by atoms with van der Waals surface area (Å²) in [6, 6.07) is 2.45. The van der Waals surface area contributed by atoms with Gasteiger partial charge in [0.15, 0.2) is 5.65 Å². The van der Waals surface area contributed by atoms with Crippen molar-refractivity contribution in [3.05, 3.63) is 29.7 Å². The van der Waals surface area contributed by atoms with Gasteiger partial charge in [-0.2, -0.15) is 5.10 Å². The van der Waals surface area contributed by atoms with Crippen LogP contribution in [0, 0.1) is 6.92 Å². The monoisotopic (exact) mass is 278 g/mol. The summed E-state index contributed by atoms with van der Waals surface area (Å²) in [5.74, 6) is 1.65. The third-order valence-electron chi connectivity index (χ3n) is 3.47. The minimum atomic E-state index is -0.591. The molecular weight excluding hydrogens is 260 g/mol. The van der Waals surface area contributed by atoms with Crippen LogP contribution in [0.3, 0.4) is 0 Å². The van der Waals surface area contributed by atoms with E-state index >= 15 is 0 Å². The lowest BCUT2D eigenvalue weighted by Gasteiger charge is -2.22. The van der Waals surface area contributed by atoms with Gasteiger partial charge < -0.3 is 5.32 Å². The fourth-order valence-corrected chi connectivity index (χ4v) is 3.68. The van der Waals surface area contributed by atoms with Gasteiger partial charge in [-0.05, 0) is 19.8 Å². The lowest BCUT2D eigenvalue weighted by atomic mass is 10.1. The molecule has 0 unspecified atom stereocenters. The first kappa shape index (κ1) is 12.7. The normalized spacial score (nSPS) is 23.8. The SMILES string of the molecule is Cc1cc2ncc(CNC3CCS(=O)CC3)cn2n1. The average Bonchev–Trinajstić information content (AvgIpc) is 2.77. The van der Waals surface area contributed by atoms with E-state index in [-0.39, 0.29) is 0 Å². The lowest BCUT2D eigenvalue weighted by molar-refractivity contribution is 0.474. The second kappa shape index (κ2) is 5.38. The van der Waals surface area contributed by atoms with Crippen LogP contribution in [0.15, 0.2) is 18.5 Å². The van der Waals surface area contributed by atoms with Crippen molar-refractivity contribution in [3.8, 4) is 0 Å². The van der Waals surface area contributed by atoms with Gasteiger partial charge in [-0.3, -0.25) is 4.21 Å². The van der Waals surface area contributed by atoms with Crippen LogP contribution in [-0.4, -0.2) is 36.4 Å². The maximum Gasteiger partial charge on any atom is 0.155 e. The molecule has 1 N–H and O–H groups in total. The maximum atomic E-state index is 11.3. The second-order valence-electron chi connectivity index (χ2n) is 5.05. The van der Waals surface area contributed by atoms with Gasteiger partial charge in [0.1, 0.15) is 0 Å². The van der Waals surface area contributed by atoms with E-state index in [1.807, 2.05) is 29.9 Å². The number of fused-ring (bicyclic) bond motifs is 1. The van der Waals surface area contributed by atoms with E-state index in [2.05, 4.69) is 15.4 Å². The van der Waals surface area contributed by atoms with Crippen molar-refractivity contribution in [2.75, 3.05) is 11.5 Å². The van der Waals surface area contributed by atoms with E-state index in [9.17, 15) is 4.21 Å². The van der Waals surface area contributed by atoms with Gasteiger partial charge in [-0.15, -0.1) is 0 Å². The summed E-state index contributed by atoms with van der Waals surface area (Å²) < 4.78 is 13.1. The molecule has 6 heteroatoms. The van der Waals surface area contributed by atoms with Crippen LogP contribution in [0.25, 0.3) is 5.65 Å². The van der Waals surface area contributed by atoms with Crippen molar-refractivity contribution in [1.29, 1.82) is 0 Å². The number of nitrogens with zero attached hydrogens (tertiary/aromatic N) is 3. The Balaban J connectivity index is 1.63. The van der Waals surface area contributed by atoms with Crippen LogP contribution in [0.2, 0.25) is 0 Å². The van der Waals surface area contributed by atoms with Crippen molar-refractivity contribution in [1.82, 2.24) is 19.9 Å². The molecule has 0 bridgehead atoms. The first-order chi connectivity index (χ1) is 9.20. The van der Waals surface area contributed by atoms with E-state index in [1.165, 1.54) is 0 Å². The van der Waals surface area contributed by atoms with E-state index in [1.54, 1.807) is 0 Å². The Morgan fingerprint density at radius 3 is 3.05 bits per heavy atom. The highest BCUT2D eigenvalue weighted by molar-refractivity contribution is 7.85. The molecule has 0 aliphatic carbocycles. The van der Waals surface area contributed by atoms with E-state index < -0.39 is 10.8 Å². The average molecular weight is 278 g/mol. The lowest BCUT2D eigenvalue weighted by Crippen LogP contribution is -2.35. The Kier molecular flexibility index (Phi) is 3.61. The molecule has 1 saturated heterocycles. The zero-order valence-corrected chi connectivity index (χ0v) is 11.8. The van der Waals surface area contributed by atoms with Gasteiger partial charge >= 0.3 is 0 Å². The van der Waals surface area contributed by atoms with Crippen LogP contribution in [0.4, 0.5) is 0 Å². The fraction of sp³-hybridized carbons (Fsp3) is 0.538. The maximum absolute atomic E-state index is 11.3. The molecule has 1 aliphatic heterocycles. The smallest absolute Gasteiger partial charge is 0.155 e. The molecule has 5 nitrogen and oxygen atoms in total. The van der Waals surface area contributed by atoms with Gasteiger partial charge in [-0.25, -0.2) is 9.50 Å². The molecule has 0 saturated carbocycles. The zero-order valence-electron chi connectivity index (χ0n) is 11.0. The number of hydrogen-bond donors (Lipinski definition) is 1. The largest absolute Gasteiger partial charge is 0.310 e. The molecule has 0 spiro atoms. The second-order valence-corrected chi connectivity index (χ2v) is 6.75. The summed E-state index contributed by atoms with van der Waals surface area (Å²) in [5.41, 5.74) is 2.99. The van der Waals surface area contributed by atoms with Gasteiger partial charge in [-0.1, -0.05) is 0 Å². The van der Waals surface area contributed by atoms with Crippen LogP contribution in [0.5, 0.6) is 0 Å². The number of rotatable bonds is 3. The molecule has 3 heterocycles. The number of nitrogens with one attached hydrogen (secondary N) is 1. The summed E-state index contributed by atoms with van der Waals surface area (Å²) in [7, 11) is -0.591. The van der Waals surface area contributed by atoms with Crippen molar-refractivity contribution in [2.24, 2.45) is 0 Å². The summed E-state index contributed by atoms with van der Waals surface area (Å²) >= 11 is 0. The molecule has 0 radical (unpaired) electrons. The molecule has 2 aromatic rings. The van der Waals surface area contributed by atoms with Gasteiger partial charge in [0, 0.05) is 58.9 Å². The van der Waals surface area contributed by atoms with Crippen LogP contribution < -0.4 is 5.32 Å². The Hall–Kier alpha value is -1.27. The minimum Gasteiger partial charge on any atom is -0.310 e. The summed E-state index contributed by atoms with van der Waals surface area (Å²) in [4.78, 5) is 4.39. The third-order valence-corrected chi connectivity index (χ3v) is 4.85. The Bertz CT molecular complexity index is 600. The number of aromatic nitrogens is 3. The number of aryl methyl sites for hydroxylation is 1. The highest BCUT2D eigenvalue weighted by Gasteiger charge is 2.17. The molecule has 2 aromatic heterocycles. The van der Waals surface area contributed by atoms with Gasteiger partial charge in [0.25, 0.3) is 0 Å². The molecule has 19 heavy (non-hydrogen) atoms. The highest BCUT2D eigenvalue weighted by Crippen LogP contribution is 2.10. The van der Waals surface area contributed by atoms with E-state index in [0.29, 0.717) is 6.04 Å². The molecule has 102 valence electrons. The number of hydrogen-bond acceptors (Lipinski definition) is 4. The van der Waals surface area contributed by atoms with E-state index in [4.69, 9.17) is 0 Å². The highest BCUT2D eigenvalue weighted by atomic mass is 32.2. The van der Waals surface area contributed by atoms with Crippen molar-refractivity contribution >= 4 is 16.4 Å². The van der Waals surface area contributed by atoms with Crippen LogP contribution >= 0.6 is 0 Å². The van der Waals surface area contributed by atoms with Crippen LogP contribution in [-0.2, 0) is 17.3 Å². The zero-order chi connectivity index (χ0) is 13.2. The quantitative estimate of drug-likeness (QED) is 0.911.